The number of unbranched alkanes of at least 4 members (excludes halogenated alkanes) is 11. The van der Waals surface area contributed by atoms with Gasteiger partial charge < -0.3 is 9.90 Å². The first-order valence-electron chi connectivity index (χ1n) is 9.29. The average molecular weight is 307 g/mol. The van der Waals surface area contributed by atoms with Crippen molar-refractivity contribution in [2.75, 3.05) is 0 Å². The van der Waals surface area contributed by atoms with Crippen LogP contribution < -0.4 is 5.11 Å². The average Bonchev–Trinajstić information content (AvgIpc) is 2.50. The number of aliphatic carboxylic acids is 1. The third-order valence-electron chi connectivity index (χ3n) is 3.86. The molecule has 0 aliphatic carbocycles. The van der Waals surface area contributed by atoms with E-state index in [9.17, 15) is 9.90 Å². The van der Waals surface area contributed by atoms with Crippen LogP contribution in [0, 0.1) is 0 Å². The molecule has 22 heavy (non-hydrogen) atoms. The van der Waals surface area contributed by atoms with E-state index in [1.807, 2.05) is 0 Å². The van der Waals surface area contributed by atoms with Gasteiger partial charge in [0.2, 0.25) is 0 Å². The highest BCUT2D eigenvalue weighted by Crippen LogP contribution is 2.10. The fourth-order valence-electron chi connectivity index (χ4n) is 2.45. The van der Waals surface area contributed by atoms with Crippen molar-refractivity contribution in [3.8, 4) is 0 Å². The number of carboxylic acids is 1. The second-order valence-electron chi connectivity index (χ2n) is 6.09. The monoisotopic (exact) mass is 307 g/mol. The van der Waals surface area contributed by atoms with Crippen LogP contribution in [0.2, 0.25) is 0 Å². The van der Waals surface area contributed by atoms with Gasteiger partial charge >= 0.3 is 0 Å². The van der Waals surface area contributed by atoms with Crippen LogP contribution in [0.5, 0.6) is 0 Å². The molecule has 0 saturated heterocycles. The van der Waals surface area contributed by atoms with Gasteiger partial charge in [-0.15, -0.1) is 0 Å². The van der Waals surface area contributed by atoms with E-state index < -0.39 is 5.97 Å². The summed E-state index contributed by atoms with van der Waals surface area (Å²) >= 11 is 0. The Balaban J connectivity index is 3.17. The predicted octanol–water partition coefficient (Wildman–Crippen LogP) is 5.33. The van der Waals surface area contributed by atoms with Gasteiger partial charge in [0.15, 0.2) is 0 Å². The molecule has 0 spiro atoms. The molecule has 0 N–H and O–H groups in total. The Morgan fingerprint density at radius 2 is 1.18 bits per heavy atom. The second-order valence-corrected chi connectivity index (χ2v) is 6.09. The first kappa shape index (κ1) is 20.9. The number of hydrogen-bond acceptors (Lipinski definition) is 2. The fourth-order valence-corrected chi connectivity index (χ4v) is 2.45. The quantitative estimate of drug-likeness (QED) is 0.285. The molecule has 128 valence electrons. The van der Waals surface area contributed by atoms with E-state index in [1.54, 1.807) is 0 Å². The summed E-state index contributed by atoms with van der Waals surface area (Å²) in [6.07, 6.45) is 24.9. The van der Waals surface area contributed by atoms with Crippen molar-refractivity contribution < 1.29 is 9.90 Å². The Hall–Kier alpha value is -1.05. The highest BCUT2D eigenvalue weighted by atomic mass is 16.4. The molecular weight excluding hydrogens is 272 g/mol. The molecule has 0 fully saturated rings. The zero-order chi connectivity index (χ0) is 16.3. The molecule has 0 aliphatic heterocycles. The van der Waals surface area contributed by atoms with Gasteiger partial charge in [-0.25, -0.2) is 0 Å². The van der Waals surface area contributed by atoms with E-state index in [1.165, 1.54) is 64.2 Å². The summed E-state index contributed by atoms with van der Waals surface area (Å²) < 4.78 is 0. The van der Waals surface area contributed by atoms with Crippen molar-refractivity contribution >= 4 is 5.97 Å². The highest BCUT2D eigenvalue weighted by molar-refractivity contribution is 5.63. The molecular formula is C20H35O2-. The SMILES string of the molecule is CCCCCC/C=C\C=C/CCCCCCCCCC(=O)[O-]. The molecule has 0 aromatic carbocycles. The summed E-state index contributed by atoms with van der Waals surface area (Å²) in [6.45, 7) is 2.25. The number of rotatable bonds is 16. The molecule has 0 aromatic heterocycles. The molecule has 0 aliphatic rings. The lowest BCUT2D eigenvalue weighted by Gasteiger charge is -2.02. The Morgan fingerprint density at radius 3 is 1.68 bits per heavy atom. The third kappa shape index (κ3) is 18.9. The summed E-state index contributed by atoms with van der Waals surface area (Å²) in [7, 11) is 0. The lowest BCUT2D eigenvalue weighted by molar-refractivity contribution is -0.305. The summed E-state index contributed by atoms with van der Waals surface area (Å²) in [6, 6.07) is 0. The van der Waals surface area contributed by atoms with Gasteiger partial charge in [0.25, 0.3) is 0 Å². The van der Waals surface area contributed by atoms with Gasteiger partial charge in [0.05, 0.1) is 0 Å². The molecule has 0 radical (unpaired) electrons. The van der Waals surface area contributed by atoms with Crippen LogP contribution in [0.4, 0.5) is 0 Å². The Morgan fingerprint density at radius 1 is 0.727 bits per heavy atom. The van der Waals surface area contributed by atoms with E-state index in [2.05, 4.69) is 31.2 Å². The number of allylic oxidation sites excluding steroid dienone is 4. The second kappa shape index (κ2) is 18.0. The maximum Gasteiger partial charge on any atom is 0.0414 e. The zero-order valence-electron chi connectivity index (χ0n) is 14.5. The zero-order valence-corrected chi connectivity index (χ0v) is 14.5. The van der Waals surface area contributed by atoms with Crippen LogP contribution >= 0.6 is 0 Å². The van der Waals surface area contributed by atoms with Crippen LogP contribution in [-0.4, -0.2) is 5.97 Å². The molecule has 0 atom stereocenters. The van der Waals surface area contributed by atoms with Crippen molar-refractivity contribution in [1.29, 1.82) is 0 Å². The van der Waals surface area contributed by atoms with Gasteiger partial charge in [-0.3, -0.25) is 0 Å². The molecule has 0 saturated carbocycles. The van der Waals surface area contributed by atoms with Crippen molar-refractivity contribution in [2.24, 2.45) is 0 Å². The van der Waals surface area contributed by atoms with Gasteiger partial charge in [0, 0.05) is 5.97 Å². The summed E-state index contributed by atoms with van der Waals surface area (Å²) in [5, 5.41) is 10.2. The molecule has 0 rings (SSSR count). The first-order valence-corrected chi connectivity index (χ1v) is 9.29. The molecule has 0 heterocycles. The standard InChI is InChI=1S/C20H36O2/c1-2-3-4-5-6-7-8-9-10-11-12-13-14-15-16-17-18-19-20(21)22/h7-10H,2-6,11-19H2,1H3,(H,21,22)/p-1/b8-7-,10-9-. The van der Waals surface area contributed by atoms with Gasteiger partial charge in [-0.2, -0.15) is 0 Å². The van der Waals surface area contributed by atoms with Crippen molar-refractivity contribution in [1.82, 2.24) is 0 Å². The first-order chi connectivity index (χ1) is 10.8. The Kier molecular flexibility index (Phi) is 17.1. The van der Waals surface area contributed by atoms with E-state index in [0.29, 0.717) is 0 Å². The normalized spacial score (nSPS) is 11.7. The van der Waals surface area contributed by atoms with Gasteiger partial charge in [-0.1, -0.05) is 82.6 Å². The van der Waals surface area contributed by atoms with E-state index in [-0.39, 0.29) is 6.42 Å². The lowest BCUT2D eigenvalue weighted by Crippen LogP contribution is -2.21. The van der Waals surface area contributed by atoms with E-state index in [0.717, 1.165) is 19.3 Å². The van der Waals surface area contributed by atoms with Crippen LogP contribution in [0.3, 0.4) is 0 Å². The van der Waals surface area contributed by atoms with Crippen LogP contribution in [-0.2, 0) is 4.79 Å². The maximum atomic E-state index is 10.2. The minimum absolute atomic E-state index is 0.219. The summed E-state index contributed by atoms with van der Waals surface area (Å²) in [5.41, 5.74) is 0. The van der Waals surface area contributed by atoms with Crippen molar-refractivity contribution in [3.63, 3.8) is 0 Å². The molecule has 0 bridgehead atoms. The molecule has 0 unspecified atom stereocenters. The third-order valence-corrected chi connectivity index (χ3v) is 3.86. The van der Waals surface area contributed by atoms with Crippen LogP contribution in [0.25, 0.3) is 0 Å². The van der Waals surface area contributed by atoms with Crippen molar-refractivity contribution in [2.45, 2.75) is 96.8 Å². The predicted molar refractivity (Wildman–Crippen MR) is 93.6 cm³/mol. The largest absolute Gasteiger partial charge is 0.550 e. The van der Waals surface area contributed by atoms with Gasteiger partial charge in [0.1, 0.15) is 0 Å². The fraction of sp³-hybridized carbons (Fsp3) is 0.750. The minimum atomic E-state index is -0.915. The number of hydrogen-bond donors (Lipinski definition) is 0. The summed E-state index contributed by atoms with van der Waals surface area (Å²) in [4.78, 5) is 10.2. The Labute approximate surface area is 137 Å². The molecule has 2 heteroatoms. The minimum Gasteiger partial charge on any atom is -0.550 e. The highest BCUT2D eigenvalue weighted by Gasteiger charge is 1.92. The smallest absolute Gasteiger partial charge is 0.0414 e. The molecule has 2 nitrogen and oxygen atoms in total. The van der Waals surface area contributed by atoms with Crippen molar-refractivity contribution in [3.05, 3.63) is 24.3 Å². The van der Waals surface area contributed by atoms with E-state index >= 15 is 0 Å². The number of carbonyl (C=O) groups excluding carboxylic acids is 1. The maximum absolute atomic E-state index is 10.2. The Bertz CT molecular complexity index is 292. The summed E-state index contributed by atoms with van der Waals surface area (Å²) in [5.74, 6) is -0.915. The van der Waals surface area contributed by atoms with Gasteiger partial charge in [-0.05, 0) is 38.5 Å². The van der Waals surface area contributed by atoms with Crippen LogP contribution in [0.1, 0.15) is 96.8 Å². The van der Waals surface area contributed by atoms with Crippen LogP contribution in [0.15, 0.2) is 24.3 Å². The topological polar surface area (TPSA) is 40.1 Å². The molecule has 0 amide bonds. The number of carbonyl (C=O) groups is 1. The number of carboxylic acid groups (broad SMARTS) is 1. The molecule has 0 aromatic rings. The lowest BCUT2D eigenvalue weighted by atomic mass is 10.1. The van der Waals surface area contributed by atoms with E-state index in [4.69, 9.17) is 0 Å².